The highest BCUT2D eigenvalue weighted by molar-refractivity contribution is 7.98. The number of benzene rings is 3. The lowest BCUT2D eigenvalue weighted by Gasteiger charge is -2.25. The lowest BCUT2D eigenvalue weighted by Crippen LogP contribution is -2.09. The third kappa shape index (κ3) is 3.74. The lowest BCUT2D eigenvalue weighted by atomic mass is 10.2. The van der Waals surface area contributed by atoms with E-state index in [4.69, 9.17) is 0 Å². The number of thioether (sulfide) groups is 2. The minimum absolute atomic E-state index is 1.17. The number of hydrogen-bond acceptors (Lipinski definition) is 3. The first-order valence-electron chi connectivity index (χ1n) is 7.45. The SMILES string of the molecule is CSc1ccc(N(c2ccccc2)c2ccc(SC)cc2)cc1. The molecule has 0 saturated carbocycles. The van der Waals surface area contributed by atoms with Gasteiger partial charge in [-0.15, -0.1) is 23.5 Å². The van der Waals surface area contributed by atoms with Crippen LogP contribution in [0, 0.1) is 0 Å². The second-order valence-corrected chi connectivity index (χ2v) is 6.83. The summed E-state index contributed by atoms with van der Waals surface area (Å²) >= 11 is 3.53. The molecule has 1 nitrogen and oxygen atoms in total. The van der Waals surface area contributed by atoms with E-state index in [1.807, 2.05) is 0 Å². The first kappa shape index (κ1) is 16.0. The molecule has 0 aliphatic rings. The van der Waals surface area contributed by atoms with Crippen molar-refractivity contribution < 1.29 is 0 Å². The Morgan fingerprint density at radius 2 is 0.913 bits per heavy atom. The molecule has 0 aliphatic heterocycles. The second-order valence-electron chi connectivity index (χ2n) is 5.07. The highest BCUT2D eigenvalue weighted by Crippen LogP contribution is 2.35. The number of hydrogen-bond donors (Lipinski definition) is 0. The summed E-state index contributed by atoms with van der Waals surface area (Å²) in [6.45, 7) is 0. The van der Waals surface area contributed by atoms with Crippen molar-refractivity contribution in [2.24, 2.45) is 0 Å². The maximum atomic E-state index is 2.29. The van der Waals surface area contributed by atoms with E-state index in [9.17, 15) is 0 Å². The average Bonchev–Trinajstić information content (AvgIpc) is 2.64. The Hall–Kier alpha value is -1.84. The van der Waals surface area contributed by atoms with Gasteiger partial charge in [-0.2, -0.15) is 0 Å². The van der Waals surface area contributed by atoms with Gasteiger partial charge in [-0.05, 0) is 73.2 Å². The van der Waals surface area contributed by atoms with E-state index in [-0.39, 0.29) is 0 Å². The predicted molar refractivity (Wildman–Crippen MR) is 105 cm³/mol. The fourth-order valence-electron chi connectivity index (χ4n) is 2.49. The summed E-state index contributed by atoms with van der Waals surface area (Å²) in [6.07, 6.45) is 4.20. The van der Waals surface area contributed by atoms with Gasteiger partial charge in [0.15, 0.2) is 0 Å². The van der Waals surface area contributed by atoms with E-state index in [0.29, 0.717) is 0 Å². The molecule has 0 N–H and O–H groups in total. The van der Waals surface area contributed by atoms with Crippen LogP contribution < -0.4 is 4.90 Å². The third-order valence-electron chi connectivity index (χ3n) is 3.68. The van der Waals surface area contributed by atoms with Gasteiger partial charge in [0, 0.05) is 26.9 Å². The maximum Gasteiger partial charge on any atom is 0.0462 e. The van der Waals surface area contributed by atoms with Gasteiger partial charge >= 0.3 is 0 Å². The van der Waals surface area contributed by atoms with E-state index in [1.54, 1.807) is 23.5 Å². The highest BCUT2D eigenvalue weighted by Gasteiger charge is 2.11. The minimum Gasteiger partial charge on any atom is -0.311 e. The van der Waals surface area contributed by atoms with Crippen LogP contribution in [0.4, 0.5) is 17.1 Å². The van der Waals surface area contributed by atoms with Gasteiger partial charge in [0.05, 0.1) is 0 Å². The standard InChI is InChI=1S/C20H19NS2/c1-22-19-12-8-17(9-13-19)21(16-6-4-3-5-7-16)18-10-14-20(23-2)15-11-18/h3-15H,1-2H3. The van der Waals surface area contributed by atoms with Gasteiger partial charge in [-0.3, -0.25) is 0 Å². The molecule has 0 bridgehead atoms. The second kappa shape index (κ2) is 7.62. The van der Waals surface area contributed by atoms with Crippen LogP contribution in [0.3, 0.4) is 0 Å². The number of nitrogens with zero attached hydrogens (tertiary/aromatic N) is 1. The summed E-state index contributed by atoms with van der Waals surface area (Å²) in [5, 5.41) is 0. The maximum absolute atomic E-state index is 2.29. The van der Waals surface area contributed by atoms with Crippen LogP contribution in [-0.2, 0) is 0 Å². The zero-order chi connectivity index (χ0) is 16.1. The van der Waals surface area contributed by atoms with Crippen molar-refractivity contribution in [2.45, 2.75) is 9.79 Å². The molecule has 0 atom stereocenters. The van der Waals surface area contributed by atoms with E-state index < -0.39 is 0 Å². The molecule has 23 heavy (non-hydrogen) atoms. The first-order valence-corrected chi connectivity index (χ1v) is 9.90. The molecule has 3 aromatic rings. The van der Waals surface area contributed by atoms with Crippen LogP contribution in [0.15, 0.2) is 88.7 Å². The zero-order valence-corrected chi connectivity index (χ0v) is 14.9. The molecule has 0 amide bonds. The normalized spacial score (nSPS) is 10.5. The molecule has 0 unspecified atom stereocenters. The van der Waals surface area contributed by atoms with Crippen molar-refractivity contribution >= 4 is 40.6 Å². The Kier molecular flexibility index (Phi) is 5.31. The van der Waals surface area contributed by atoms with Crippen LogP contribution in [0.1, 0.15) is 0 Å². The largest absolute Gasteiger partial charge is 0.311 e. The minimum atomic E-state index is 1.17. The third-order valence-corrected chi connectivity index (χ3v) is 5.16. The average molecular weight is 338 g/mol. The van der Waals surface area contributed by atoms with Crippen LogP contribution >= 0.6 is 23.5 Å². The molecule has 0 fully saturated rings. The zero-order valence-electron chi connectivity index (χ0n) is 13.3. The molecule has 116 valence electrons. The molecular formula is C20H19NS2. The van der Waals surface area contributed by atoms with Crippen molar-refractivity contribution in [3.8, 4) is 0 Å². The summed E-state index contributed by atoms with van der Waals surface area (Å²) < 4.78 is 0. The van der Waals surface area contributed by atoms with Crippen LogP contribution in [-0.4, -0.2) is 12.5 Å². The number of rotatable bonds is 5. The van der Waals surface area contributed by atoms with Gasteiger partial charge in [0.2, 0.25) is 0 Å². The Bertz CT molecular complexity index is 689. The monoisotopic (exact) mass is 337 g/mol. The smallest absolute Gasteiger partial charge is 0.0462 e. The van der Waals surface area contributed by atoms with Crippen molar-refractivity contribution in [2.75, 3.05) is 17.4 Å². The number of para-hydroxylation sites is 1. The summed E-state index contributed by atoms with van der Waals surface area (Å²) in [5.41, 5.74) is 3.51. The van der Waals surface area contributed by atoms with E-state index in [1.165, 1.54) is 26.9 Å². The lowest BCUT2D eigenvalue weighted by molar-refractivity contribution is 1.26. The molecule has 0 heterocycles. The van der Waals surface area contributed by atoms with E-state index >= 15 is 0 Å². The van der Waals surface area contributed by atoms with Crippen LogP contribution in [0.2, 0.25) is 0 Å². The van der Waals surface area contributed by atoms with Crippen LogP contribution in [0.25, 0.3) is 0 Å². The van der Waals surface area contributed by atoms with Gasteiger partial charge in [0.25, 0.3) is 0 Å². The Morgan fingerprint density at radius 3 is 1.30 bits per heavy atom. The Morgan fingerprint density at radius 1 is 0.522 bits per heavy atom. The number of anilines is 3. The predicted octanol–water partition coefficient (Wildman–Crippen LogP) is 6.60. The van der Waals surface area contributed by atoms with Crippen molar-refractivity contribution in [3.05, 3.63) is 78.9 Å². The fraction of sp³-hybridized carbons (Fsp3) is 0.100. The van der Waals surface area contributed by atoms with Gasteiger partial charge in [-0.1, -0.05) is 18.2 Å². The summed E-state index contributed by atoms with van der Waals surface area (Å²) in [4.78, 5) is 4.84. The molecule has 0 radical (unpaired) electrons. The molecule has 0 aromatic heterocycles. The van der Waals surface area contributed by atoms with Crippen molar-refractivity contribution in [1.82, 2.24) is 0 Å². The van der Waals surface area contributed by atoms with Crippen molar-refractivity contribution in [1.29, 1.82) is 0 Å². The summed E-state index contributed by atoms with van der Waals surface area (Å²) in [7, 11) is 0. The Labute approximate surface area is 146 Å². The van der Waals surface area contributed by atoms with E-state index in [2.05, 4.69) is 96.3 Å². The van der Waals surface area contributed by atoms with Crippen molar-refractivity contribution in [3.63, 3.8) is 0 Å². The summed E-state index contributed by atoms with van der Waals surface area (Å²) in [5.74, 6) is 0. The topological polar surface area (TPSA) is 3.24 Å². The first-order chi connectivity index (χ1) is 11.3. The molecular weight excluding hydrogens is 318 g/mol. The molecule has 0 aliphatic carbocycles. The highest BCUT2D eigenvalue weighted by atomic mass is 32.2. The van der Waals surface area contributed by atoms with Gasteiger partial charge in [-0.25, -0.2) is 0 Å². The van der Waals surface area contributed by atoms with E-state index in [0.717, 1.165) is 0 Å². The molecule has 3 rings (SSSR count). The Balaban J connectivity index is 2.05. The molecule has 3 aromatic carbocycles. The van der Waals surface area contributed by atoms with Gasteiger partial charge < -0.3 is 4.90 Å². The fourth-order valence-corrected chi connectivity index (χ4v) is 3.30. The molecule has 0 saturated heterocycles. The van der Waals surface area contributed by atoms with Gasteiger partial charge in [0.1, 0.15) is 0 Å². The van der Waals surface area contributed by atoms with Crippen LogP contribution in [0.5, 0.6) is 0 Å². The molecule has 0 spiro atoms. The quantitative estimate of drug-likeness (QED) is 0.483. The summed E-state index contributed by atoms with van der Waals surface area (Å²) in [6, 6.07) is 27.9. The molecule has 3 heteroatoms.